The second-order valence-corrected chi connectivity index (χ2v) is 5.75. The monoisotopic (exact) mass is 278 g/mol. The molecule has 1 aliphatic rings. The van der Waals surface area contributed by atoms with Crippen molar-refractivity contribution in [2.24, 2.45) is 5.73 Å². The van der Waals surface area contributed by atoms with Crippen molar-refractivity contribution in [3.63, 3.8) is 0 Å². The van der Waals surface area contributed by atoms with Gasteiger partial charge in [0, 0.05) is 30.0 Å². The Kier molecular flexibility index (Phi) is 2.79. The average Bonchev–Trinajstić information content (AvgIpc) is 3.26. The third kappa shape index (κ3) is 2.12. The minimum absolute atomic E-state index is 0.552. The largest absolute Gasteiger partial charge is 0.326 e. The van der Waals surface area contributed by atoms with Gasteiger partial charge in [0.2, 0.25) is 0 Å². The van der Waals surface area contributed by atoms with Gasteiger partial charge in [-0.25, -0.2) is 4.98 Å². The van der Waals surface area contributed by atoms with E-state index >= 15 is 0 Å². The molecule has 0 spiro atoms. The lowest BCUT2D eigenvalue weighted by Crippen LogP contribution is -1.98. The Labute approximate surface area is 123 Å². The highest BCUT2D eigenvalue weighted by molar-refractivity contribution is 5.81. The van der Waals surface area contributed by atoms with Gasteiger partial charge in [-0.3, -0.25) is 4.98 Å². The van der Waals surface area contributed by atoms with Crippen LogP contribution in [0.1, 0.15) is 30.1 Å². The zero-order chi connectivity index (χ0) is 14.4. The normalized spacial score (nSPS) is 14.8. The molecule has 2 heterocycles. The van der Waals surface area contributed by atoms with Crippen LogP contribution >= 0.6 is 0 Å². The lowest BCUT2D eigenvalue weighted by molar-refractivity contribution is 0.775. The Morgan fingerprint density at radius 2 is 2.10 bits per heavy atom. The minimum atomic E-state index is 0.552. The third-order valence-electron chi connectivity index (χ3n) is 4.06. The molecule has 1 aromatic carbocycles. The molecule has 2 aromatic heterocycles. The van der Waals surface area contributed by atoms with Crippen molar-refractivity contribution < 1.29 is 0 Å². The second kappa shape index (κ2) is 4.67. The molecule has 0 unspecified atom stereocenters. The molecular weight excluding hydrogens is 260 g/mol. The topological polar surface area (TPSA) is 56.7 Å². The lowest BCUT2D eigenvalue weighted by Gasteiger charge is -2.08. The summed E-state index contributed by atoms with van der Waals surface area (Å²) in [6.07, 6.45) is 4.33. The summed E-state index contributed by atoms with van der Waals surface area (Å²) >= 11 is 0. The van der Waals surface area contributed by atoms with E-state index in [2.05, 4.69) is 33.8 Å². The van der Waals surface area contributed by atoms with E-state index in [1.807, 2.05) is 19.2 Å². The first-order valence-electron chi connectivity index (χ1n) is 7.40. The Morgan fingerprint density at radius 1 is 1.24 bits per heavy atom. The lowest BCUT2D eigenvalue weighted by atomic mass is 10.2. The zero-order valence-corrected chi connectivity index (χ0v) is 12.1. The number of aromatic nitrogens is 3. The van der Waals surface area contributed by atoms with E-state index in [4.69, 9.17) is 10.7 Å². The molecule has 1 aliphatic carbocycles. The van der Waals surface area contributed by atoms with Gasteiger partial charge in [-0.15, -0.1) is 0 Å². The van der Waals surface area contributed by atoms with Gasteiger partial charge in [0.25, 0.3) is 0 Å². The van der Waals surface area contributed by atoms with Crippen molar-refractivity contribution in [2.75, 3.05) is 0 Å². The summed E-state index contributed by atoms with van der Waals surface area (Å²) < 4.78 is 2.38. The van der Waals surface area contributed by atoms with Gasteiger partial charge < -0.3 is 10.3 Å². The van der Waals surface area contributed by atoms with Gasteiger partial charge >= 0.3 is 0 Å². The van der Waals surface area contributed by atoms with Gasteiger partial charge in [-0.2, -0.15) is 0 Å². The molecule has 21 heavy (non-hydrogen) atoms. The summed E-state index contributed by atoms with van der Waals surface area (Å²) in [6.45, 7) is 2.57. The average molecular weight is 278 g/mol. The van der Waals surface area contributed by atoms with E-state index in [-0.39, 0.29) is 0 Å². The first kappa shape index (κ1) is 12.5. The predicted octanol–water partition coefficient (Wildman–Crippen LogP) is 3.20. The van der Waals surface area contributed by atoms with Gasteiger partial charge in [-0.05, 0) is 49.6 Å². The van der Waals surface area contributed by atoms with Gasteiger partial charge in [0.05, 0.1) is 11.0 Å². The molecule has 0 saturated heterocycles. The van der Waals surface area contributed by atoms with Crippen LogP contribution in [0.15, 0.2) is 36.5 Å². The number of hydrogen-bond acceptors (Lipinski definition) is 3. The summed E-state index contributed by atoms with van der Waals surface area (Å²) in [4.78, 5) is 9.16. The van der Waals surface area contributed by atoms with E-state index in [9.17, 15) is 0 Å². The smallest absolute Gasteiger partial charge is 0.141 e. The number of nitrogens with two attached hydrogens (primary N) is 1. The fourth-order valence-corrected chi connectivity index (χ4v) is 2.86. The molecule has 3 aromatic rings. The Bertz CT molecular complexity index is 815. The van der Waals surface area contributed by atoms with Crippen LogP contribution in [-0.2, 0) is 6.54 Å². The number of rotatable bonds is 3. The first-order chi connectivity index (χ1) is 10.3. The Morgan fingerprint density at radius 3 is 2.81 bits per heavy atom. The summed E-state index contributed by atoms with van der Waals surface area (Å²) in [6, 6.07) is 11.1. The van der Waals surface area contributed by atoms with Crippen molar-refractivity contribution in [3.8, 4) is 11.4 Å². The number of pyridine rings is 1. The van der Waals surface area contributed by atoms with E-state index < -0.39 is 0 Å². The van der Waals surface area contributed by atoms with Gasteiger partial charge in [-0.1, -0.05) is 6.07 Å². The molecule has 0 bridgehead atoms. The quantitative estimate of drug-likeness (QED) is 0.800. The molecule has 2 N–H and O–H groups in total. The summed E-state index contributed by atoms with van der Waals surface area (Å²) in [5, 5.41) is 0. The zero-order valence-electron chi connectivity index (χ0n) is 12.1. The van der Waals surface area contributed by atoms with E-state index in [0.29, 0.717) is 12.6 Å². The summed E-state index contributed by atoms with van der Waals surface area (Å²) in [7, 11) is 0. The maximum absolute atomic E-state index is 5.75. The molecule has 4 nitrogen and oxygen atoms in total. The van der Waals surface area contributed by atoms with Gasteiger partial charge in [0.15, 0.2) is 0 Å². The van der Waals surface area contributed by atoms with Crippen molar-refractivity contribution in [3.05, 3.63) is 47.8 Å². The molecule has 0 amide bonds. The van der Waals surface area contributed by atoms with Crippen LogP contribution in [-0.4, -0.2) is 14.5 Å². The standard InChI is InChI=1S/C17H18N4/c1-11-8-13(6-7-19-11)17-20-15-9-12(10-18)2-5-16(15)21(17)14-3-4-14/h2,5-9,14H,3-4,10,18H2,1H3. The van der Waals surface area contributed by atoms with Gasteiger partial charge in [0.1, 0.15) is 5.82 Å². The number of fused-ring (bicyclic) bond motifs is 1. The SMILES string of the molecule is Cc1cc(-c2nc3cc(CN)ccc3n2C2CC2)ccn1. The van der Waals surface area contributed by atoms with Crippen molar-refractivity contribution in [1.82, 2.24) is 14.5 Å². The highest BCUT2D eigenvalue weighted by Crippen LogP contribution is 2.41. The molecular formula is C17H18N4. The van der Waals surface area contributed by atoms with Crippen LogP contribution < -0.4 is 5.73 Å². The van der Waals surface area contributed by atoms with E-state index in [0.717, 1.165) is 28.2 Å². The summed E-state index contributed by atoms with van der Waals surface area (Å²) in [5.41, 5.74) is 11.3. The number of hydrogen-bond donors (Lipinski definition) is 1. The molecule has 0 atom stereocenters. The maximum Gasteiger partial charge on any atom is 0.141 e. The van der Waals surface area contributed by atoms with Crippen molar-refractivity contribution in [2.45, 2.75) is 32.4 Å². The molecule has 0 aliphatic heterocycles. The summed E-state index contributed by atoms with van der Waals surface area (Å²) in [5.74, 6) is 1.05. The minimum Gasteiger partial charge on any atom is -0.326 e. The second-order valence-electron chi connectivity index (χ2n) is 5.75. The molecule has 4 rings (SSSR count). The van der Waals surface area contributed by atoms with E-state index in [1.165, 1.54) is 18.4 Å². The van der Waals surface area contributed by atoms with Crippen LogP contribution in [0.5, 0.6) is 0 Å². The molecule has 0 radical (unpaired) electrons. The molecule has 1 fully saturated rings. The Balaban J connectivity index is 1.97. The fraction of sp³-hybridized carbons (Fsp3) is 0.294. The van der Waals surface area contributed by atoms with Crippen LogP contribution in [0.4, 0.5) is 0 Å². The maximum atomic E-state index is 5.75. The molecule has 1 saturated carbocycles. The number of nitrogens with zero attached hydrogens (tertiary/aromatic N) is 3. The van der Waals surface area contributed by atoms with Crippen LogP contribution in [0.25, 0.3) is 22.4 Å². The first-order valence-corrected chi connectivity index (χ1v) is 7.40. The number of imidazole rings is 1. The van der Waals surface area contributed by atoms with Crippen LogP contribution in [0, 0.1) is 6.92 Å². The fourth-order valence-electron chi connectivity index (χ4n) is 2.86. The Hall–Kier alpha value is -2.20. The highest BCUT2D eigenvalue weighted by Gasteiger charge is 2.28. The number of aryl methyl sites for hydroxylation is 1. The van der Waals surface area contributed by atoms with E-state index in [1.54, 1.807) is 0 Å². The van der Waals surface area contributed by atoms with Crippen molar-refractivity contribution >= 4 is 11.0 Å². The van der Waals surface area contributed by atoms with Crippen molar-refractivity contribution in [1.29, 1.82) is 0 Å². The predicted molar refractivity (Wildman–Crippen MR) is 83.9 cm³/mol. The van der Waals surface area contributed by atoms with Crippen LogP contribution in [0.2, 0.25) is 0 Å². The third-order valence-corrected chi connectivity index (χ3v) is 4.06. The molecule has 106 valence electrons. The van der Waals surface area contributed by atoms with Crippen LogP contribution in [0.3, 0.4) is 0 Å². The highest BCUT2D eigenvalue weighted by atomic mass is 15.1. The number of benzene rings is 1. The molecule has 4 heteroatoms.